The number of amides is 1. The number of carbonyl (C=O) groups is 1. The molecule has 1 amide bonds. The van der Waals surface area contributed by atoms with Gasteiger partial charge in [0.2, 0.25) is 0 Å². The van der Waals surface area contributed by atoms with Crippen LogP contribution in [0.4, 0.5) is 5.69 Å². The molecule has 6 heteroatoms. The van der Waals surface area contributed by atoms with Gasteiger partial charge in [0.25, 0.3) is 5.91 Å². The van der Waals surface area contributed by atoms with Crippen molar-refractivity contribution in [2.24, 2.45) is 0 Å². The average molecular weight is 324 g/mol. The van der Waals surface area contributed by atoms with Crippen LogP contribution in [0, 0.1) is 0 Å². The summed E-state index contributed by atoms with van der Waals surface area (Å²) in [5.41, 5.74) is 6.61. The second kappa shape index (κ2) is 6.22. The Bertz CT molecular complexity index is 664. The van der Waals surface area contributed by atoms with E-state index in [0.29, 0.717) is 22.1 Å². The van der Waals surface area contributed by atoms with Crippen molar-refractivity contribution in [1.29, 1.82) is 0 Å². The van der Waals surface area contributed by atoms with Gasteiger partial charge < -0.3 is 16.0 Å². The summed E-state index contributed by atoms with van der Waals surface area (Å²) in [4.78, 5) is 15.2. The van der Waals surface area contributed by atoms with Gasteiger partial charge in [-0.25, -0.2) is 0 Å². The molecule has 2 heterocycles. The van der Waals surface area contributed by atoms with E-state index >= 15 is 0 Å². The Morgan fingerprint density at radius 2 is 2.14 bits per heavy atom. The molecule has 0 bridgehead atoms. The number of nitrogens with one attached hydrogen (secondary N) is 1. The second-order valence-corrected chi connectivity index (χ2v) is 6.78. The highest BCUT2D eigenvalue weighted by Crippen LogP contribution is 2.35. The molecule has 4 nitrogen and oxygen atoms in total. The number of rotatable bonds is 4. The molecule has 0 aliphatic carbocycles. The van der Waals surface area contributed by atoms with Crippen LogP contribution in [0.5, 0.6) is 0 Å². The Balaban J connectivity index is 1.67. The van der Waals surface area contributed by atoms with Crippen LogP contribution in [-0.4, -0.2) is 37.0 Å². The lowest BCUT2D eigenvalue weighted by molar-refractivity contribution is 0.0954. The smallest absolute Gasteiger partial charge is 0.263 e. The van der Waals surface area contributed by atoms with Crippen molar-refractivity contribution in [1.82, 2.24) is 10.2 Å². The van der Waals surface area contributed by atoms with Crippen molar-refractivity contribution in [3.63, 3.8) is 0 Å². The monoisotopic (exact) mass is 323 g/mol. The molecule has 21 heavy (non-hydrogen) atoms. The summed E-state index contributed by atoms with van der Waals surface area (Å²) < 4.78 is 0.988. The first-order chi connectivity index (χ1) is 10.1. The Hall–Kier alpha value is -1.30. The van der Waals surface area contributed by atoms with Crippen LogP contribution in [0.25, 0.3) is 10.1 Å². The number of anilines is 1. The number of nitrogen functional groups attached to an aromatic ring is 1. The summed E-state index contributed by atoms with van der Waals surface area (Å²) in [6.07, 6.45) is 2.52. The van der Waals surface area contributed by atoms with E-state index in [0.717, 1.165) is 29.7 Å². The molecule has 112 valence electrons. The van der Waals surface area contributed by atoms with E-state index < -0.39 is 0 Å². The van der Waals surface area contributed by atoms with Crippen LogP contribution in [0.2, 0.25) is 5.02 Å². The number of likely N-dealkylation sites (tertiary alicyclic amines) is 1. The average Bonchev–Trinajstić information content (AvgIpc) is 3.08. The maximum absolute atomic E-state index is 12.3. The van der Waals surface area contributed by atoms with Gasteiger partial charge in [-0.1, -0.05) is 11.6 Å². The van der Waals surface area contributed by atoms with Crippen molar-refractivity contribution in [2.45, 2.75) is 12.8 Å². The highest BCUT2D eigenvalue weighted by Gasteiger charge is 2.17. The zero-order chi connectivity index (χ0) is 14.8. The molecule has 1 fully saturated rings. The number of carbonyl (C=O) groups excluding carboxylic acids is 1. The standard InChI is InChI=1S/C15H18ClN3OS/c16-10-3-4-12-11(9-10)13(17)14(21-12)15(20)18-5-8-19-6-1-2-7-19/h3-4,9H,1-2,5-8,17H2,(H,18,20). The predicted octanol–water partition coefficient (Wildman–Crippen LogP) is 2.96. The third kappa shape index (κ3) is 3.15. The summed E-state index contributed by atoms with van der Waals surface area (Å²) in [7, 11) is 0. The minimum atomic E-state index is -0.0935. The SMILES string of the molecule is Nc1c(C(=O)NCCN2CCCC2)sc2ccc(Cl)cc12. The van der Waals surface area contributed by atoms with Gasteiger partial charge in [0.15, 0.2) is 0 Å². The molecule has 1 aliphatic heterocycles. The van der Waals surface area contributed by atoms with E-state index in [-0.39, 0.29) is 5.91 Å². The quantitative estimate of drug-likeness (QED) is 0.909. The van der Waals surface area contributed by atoms with Crippen LogP contribution in [0.1, 0.15) is 22.5 Å². The number of hydrogen-bond donors (Lipinski definition) is 2. The molecule has 0 radical (unpaired) electrons. The van der Waals surface area contributed by atoms with E-state index in [1.807, 2.05) is 18.2 Å². The topological polar surface area (TPSA) is 58.4 Å². The Kier molecular flexibility index (Phi) is 4.33. The summed E-state index contributed by atoms with van der Waals surface area (Å²) in [6, 6.07) is 5.53. The number of benzene rings is 1. The van der Waals surface area contributed by atoms with Gasteiger partial charge in [-0.15, -0.1) is 11.3 Å². The minimum absolute atomic E-state index is 0.0935. The van der Waals surface area contributed by atoms with Crippen molar-refractivity contribution < 1.29 is 4.79 Å². The lowest BCUT2D eigenvalue weighted by atomic mass is 10.2. The first-order valence-corrected chi connectivity index (χ1v) is 8.32. The van der Waals surface area contributed by atoms with Gasteiger partial charge in [0, 0.05) is 28.2 Å². The van der Waals surface area contributed by atoms with Crippen molar-refractivity contribution in [3.05, 3.63) is 28.1 Å². The second-order valence-electron chi connectivity index (χ2n) is 5.29. The molecule has 0 atom stereocenters. The zero-order valence-electron chi connectivity index (χ0n) is 11.7. The summed E-state index contributed by atoms with van der Waals surface area (Å²) in [5.74, 6) is -0.0935. The number of halogens is 1. The molecule has 1 saturated heterocycles. The molecular formula is C15H18ClN3OS. The van der Waals surface area contributed by atoms with Gasteiger partial charge in [-0.2, -0.15) is 0 Å². The number of hydrogen-bond acceptors (Lipinski definition) is 4. The molecule has 0 unspecified atom stereocenters. The first-order valence-electron chi connectivity index (χ1n) is 7.13. The molecule has 2 aromatic rings. The van der Waals surface area contributed by atoms with E-state index in [1.54, 1.807) is 0 Å². The number of nitrogens with two attached hydrogens (primary N) is 1. The van der Waals surface area contributed by atoms with Crippen molar-refractivity contribution >= 4 is 44.6 Å². The third-order valence-corrected chi connectivity index (χ3v) is 5.23. The molecule has 1 aromatic heterocycles. The van der Waals surface area contributed by atoms with Crippen LogP contribution >= 0.6 is 22.9 Å². The summed E-state index contributed by atoms with van der Waals surface area (Å²) >= 11 is 7.39. The van der Waals surface area contributed by atoms with Crippen LogP contribution < -0.4 is 11.1 Å². The molecule has 0 spiro atoms. The maximum atomic E-state index is 12.3. The molecule has 1 aliphatic rings. The highest BCUT2D eigenvalue weighted by atomic mass is 35.5. The molecule has 3 rings (SSSR count). The fourth-order valence-corrected chi connectivity index (χ4v) is 3.86. The van der Waals surface area contributed by atoms with Crippen molar-refractivity contribution in [3.8, 4) is 0 Å². The molecule has 0 saturated carbocycles. The summed E-state index contributed by atoms with van der Waals surface area (Å²) in [6.45, 7) is 3.84. The van der Waals surface area contributed by atoms with Gasteiger partial charge in [0.05, 0.1) is 5.69 Å². The Morgan fingerprint density at radius 3 is 2.90 bits per heavy atom. The third-order valence-electron chi connectivity index (χ3n) is 3.81. The Morgan fingerprint density at radius 1 is 1.38 bits per heavy atom. The first kappa shape index (κ1) is 14.6. The highest BCUT2D eigenvalue weighted by molar-refractivity contribution is 7.21. The maximum Gasteiger partial charge on any atom is 0.263 e. The zero-order valence-corrected chi connectivity index (χ0v) is 13.3. The molecular weight excluding hydrogens is 306 g/mol. The van der Waals surface area contributed by atoms with E-state index in [2.05, 4.69) is 10.2 Å². The minimum Gasteiger partial charge on any atom is -0.397 e. The van der Waals surface area contributed by atoms with Gasteiger partial charge in [-0.3, -0.25) is 4.79 Å². The normalized spacial score (nSPS) is 15.7. The summed E-state index contributed by atoms with van der Waals surface area (Å²) in [5, 5.41) is 4.45. The van der Waals surface area contributed by atoms with E-state index in [1.165, 1.54) is 24.2 Å². The lowest BCUT2D eigenvalue weighted by Gasteiger charge is -2.14. The van der Waals surface area contributed by atoms with Crippen LogP contribution in [0.3, 0.4) is 0 Å². The predicted molar refractivity (Wildman–Crippen MR) is 89.3 cm³/mol. The van der Waals surface area contributed by atoms with E-state index in [9.17, 15) is 4.79 Å². The van der Waals surface area contributed by atoms with Crippen LogP contribution in [-0.2, 0) is 0 Å². The number of thiophene rings is 1. The van der Waals surface area contributed by atoms with Gasteiger partial charge in [0.1, 0.15) is 4.88 Å². The van der Waals surface area contributed by atoms with Gasteiger partial charge >= 0.3 is 0 Å². The lowest BCUT2D eigenvalue weighted by Crippen LogP contribution is -2.33. The Labute approximate surface area is 132 Å². The van der Waals surface area contributed by atoms with Gasteiger partial charge in [-0.05, 0) is 44.1 Å². The molecule has 1 aromatic carbocycles. The largest absolute Gasteiger partial charge is 0.397 e. The number of fused-ring (bicyclic) bond motifs is 1. The van der Waals surface area contributed by atoms with Crippen molar-refractivity contribution in [2.75, 3.05) is 31.9 Å². The molecule has 3 N–H and O–H groups in total. The fraction of sp³-hybridized carbons (Fsp3) is 0.400. The fourth-order valence-electron chi connectivity index (χ4n) is 2.67. The number of nitrogens with zero attached hydrogens (tertiary/aromatic N) is 1. The van der Waals surface area contributed by atoms with Crippen LogP contribution in [0.15, 0.2) is 18.2 Å². The van der Waals surface area contributed by atoms with E-state index in [4.69, 9.17) is 17.3 Å².